The molecule has 0 aromatic rings. The molecule has 0 saturated carbocycles. The molecular weight excluding hydrogens is 144 g/mol. The summed E-state index contributed by atoms with van der Waals surface area (Å²) in [6.07, 6.45) is 12.4. The van der Waals surface area contributed by atoms with E-state index in [1.165, 1.54) is 12.8 Å². The van der Waals surface area contributed by atoms with Crippen LogP contribution in [0.15, 0.2) is 0 Å². The highest BCUT2D eigenvalue weighted by Gasteiger charge is 1.95. The van der Waals surface area contributed by atoms with Crippen molar-refractivity contribution in [3.8, 4) is 17.8 Å². The van der Waals surface area contributed by atoms with Crippen LogP contribution in [0.1, 0.15) is 46.0 Å². The molecule has 0 saturated heterocycles. The molecule has 0 spiro atoms. The van der Waals surface area contributed by atoms with E-state index in [0.717, 1.165) is 19.3 Å². The average Bonchev–Trinajstić information content (AvgIpc) is 2.10. The van der Waals surface area contributed by atoms with Gasteiger partial charge in [-0.1, -0.05) is 38.5 Å². The van der Waals surface area contributed by atoms with Gasteiger partial charge in [0.05, 0.1) is 5.92 Å². The van der Waals surface area contributed by atoms with Crippen molar-refractivity contribution in [1.29, 1.82) is 0 Å². The Hall–Kier alpha value is -0.880. The first-order valence-electron chi connectivity index (χ1n) is 4.75. The van der Waals surface area contributed by atoms with Crippen molar-refractivity contribution in [2.45, 2.75) is 46.0 Å². The number of rotatable bonds is 4. The van der Waals surface area contributed by atoms with E-state index in [0.29, 0.717) is 0 Å². The third kappa shape index (κ3) is 5.87. The van der Waals surface area contributed by atoms with Gasteiger partial charge in [-0.2, -0.15) is 0 Å². The second-order valence-electron chi connectivity index (χ2n) is 2.91. The lowest BCUT2D eigenvalue weighted by Crippen LogP contribution is -1.90. The molecule has 0 aliphatic heterocycles. The molecule has 1 atom stereocenters. The highest BCUT2D eigenvalue weighted by molar-refractivity contribution is 5.12. The minimum Gasteiger partial charge on any atom is -0.102 e. The first-order chi connectivity index (χ1) is 5.85. The summed E-state index contributed by atoms with van der Waals surface area (Å²) in [6.45, 7) is 4.27. The van der Waals surface area contributed by atoms with Crippen LogP contribution in [0.5, 0.6) is 0 Å². The zero-order valence-corrected chi connectivity index (χ0v) is 8.11. The molecule has 0 bridgehead atoms. The lowest BCUT2D eigenvalue weighted by molar-refractivity contribution is 0.725. The van der Waals surface area contributed by atoms with E-state index < -0.39 is 0 Å². The van der Waals surface area contributed by atoms with Gasteiger partial charge < -0.3 is 0 Å². The van der Waals surface area contributed by atoms with E-state index in [1.54, 1.807) is 0 Å². The van der Waals surface area contributed by atoms with Crippen LogP contribution in [0, 0.1) is 30.1 Å². The van der Waals surface area contributed by atoms with Crippen molar-refractivity contribution >= 4 is 0 Å². The lowest BCUT2D eigenvalue weighted by Gasteiger charge is -1.97. The summed E-state index contributed by atoms with van der Waals surface area (Å²) in [5, 5.41) is 0. The fourth-order valence-electron chi connectivity index (χ4n) is 0.930. The molecule has 0 aliphatic carbocycles. The largest absolute Gasteiger partial charge is 0.102 e. The molecule has 0 heterocycles. The van der Waals surface area contributed by atoms with Crippen molar-refractivity contribution in [2.75, 3.05) is 0 Å². The van der Waals surface area contributed by atoms with E-state index in [2.05, 4.69) is 31.6 Å². The summed E-state index contributed by atoms with van der Waals surface area (Å²) in [5.74, 6) is 8.68. The molecular formula is C12H17. The quantitative estimate of drug-likeness (QED) is 0.439. The maximum atomic E-state index is 6.99. The topological polar surface area (TPSA) is 0 Å². The minimum absolute atomic E-state index is 0.0758. The van der Waals surface area contributed by atoms with Crippen molar-refractivity contribution in [3.05, 3.63) is 6.42 Å². The predicted molar refractivity (Wildman–Crippen MR) is 52.8 cm³/mol. The van der Waals surface area contributed by atoms with E-state index in [1.807, 2.05) is 0 Å². The van der Waals surface area contributed by atoms with Crippen LogP contribution in [0.4, 0.5) is 0 Å². The Bertz CT molecular complexity index is 184. The number of hydrogen-bond donors (Lipinski definition) is 0. The Morgan fingerprint density at radius 2 is 2.00 bits per heavy atom. The third-order valence-corrected chi connectivity index (χ3v) is 1.68. The van der Waals surface area contributed by atoms with Crippen LogP contribution >= 0.6 is 0 Å². The van der Waals surface area contributed by atoms with Crippen LogP contribution in [0.2, 0.25) is 0 Å². The van der Waals surface area contributed by atoms with E-state index in [-0.39, 0.29) is 5.92 Å². The Morgan fingerprint density at radius 1 is 1.25 bits per heavy atom. The molecule has 0 fully saturated rings. The van der Waals surface area contributed by atoms with Gasteiger partial charge in [0.2, 0.25) is 0 Å². The second kappa shape index (κ2) is 8.22. The van der Waals surface area contributed by atoms with E-state index in [9.17, 15) is 0 Å². The zero-order chi connectivity index (χ0) is 9.23. The van der Waals surface area contributed by atoms with Crippen LogP contribution in [-0.4, -0.2) is 0 Å². The number of unbranched alkanes of at least 4 members (excludes halogenated alkanes) is 2. The van der Waals surface area contributed by atoms with Crippen LogP contribution in [0.25, 0.3) is 0 Å². The Kier molecular flexibility index (Phi) is 7.62. The number of hydrogen-bond acceptors (Lipinski definition) is 0. The van der Waals surface area contributed by atoms with Gasteiger partial charge in [-0.15, -0.1) is 5.92 Å². The van der Waals surface area contributed by atoms with Crippen LogP contribution in [-0.2, 0) is 0 Å². The summed E-state index contributed by atoms with van der Waals surface area (Å²) >= 11 is 0. The Morgan fingerprint density at radius 3 is 2.50 bits per heavy atom. The maximum Gasteiger partial charge on any atom is 0.0821 e. The van der Waals surface area contributed by atoms with Gasteiger partial charge in [0.25, 0.3) is 0 Å². The molecule has 0 amide bonds. The van der Waals surface area contributed by atoms with Gasteiger partial charge in [-0.25, -0.2) is 0 Å². The molecule has 1 radical (unpaired) electrons. The van der Waals surface area contributed by atoms with Gasteiger partial charge in [-0.05, 0) is 19.3 Å². The molecule has 0 nitrogen and oxygen atoms in total. The summed E-state index contributed by atoms with van der Waals surface area (Å²) in [4.78, 5) is 0. The molecule has 0 N–H and O–H groups in total. The van der Waals surface area contributed by atoms with E-state index >= 15 is 0 Å². The zero-order valence-electron chi connectivity index (χ0n) is 8.11. The molecule has 0 aliphatic rings. The van der Waals surface area contributed by atoms with Gasteiger partial charge in [0.15, 0.2) is 0 Å². The van der Waals surface area contributed by atoms with Gasteiger partial charge in [0.1, 0.15) is 0 Å². The fraction of sp³-hybridized carbons (Fsp3) is 0.667. The van der Waals surface area contributed by atoms with Gasteiger partial charge in [0, 0.05) is 6.42 Å². The molecule has 65 valence electrons. The Labute approximate surface area is 76.8 Å². The highest BCUT2D eigenvalue weighted by atomic mass is 14.0. The first kappa shape index (κ1) is 11.1. The summed E-state index contributed by atoms with van der Waals surface area (Å²) < 4.78 is 0. The monoisotopic (exact) mass is 161 g/mol. The second-order valence-corrected chi connectivity index (χ2v) is 2.91. The maximum absolute atomic E-state index is 6.99. The standard InChI is InChI=1S/C12H17/c1-4-7-8-9-11-12(6-3)10-5-2/h12H,4-5,7-8,10H2,1-2H3. The van der Waals surface area contributed by atoms with Gasteiger partial charge in [-0.3, -0.25) is 0 Å². The van der Waals surface area contributed by atoms with Gasteiger partial charge >= 0.3 is 0 Å². The molecule has 0 aromatic heterocycles. The minimum atomic E-state index is 0.0758. The van der Waals surface area contributed by atoms with Crippen molar-refractivity contribution < 1.29 is 0 Å². The lowest BCUT2D eigenvalue weighted by atomic mass is 10.1. The van der Waals surface area contributed by atoms with Crippen molar-refractivity contribution in [1.82, 2.24) is 0 Å². The SMILES string of the molecule is [C]#CC(C#CCCCC)CCC. The third-order valence-electron chi connectivity index (χ3n) is 1.68. The first-order valence-corrected chi connectivity index (χ1v) is 4.75. The van der Waals surface area contributed by atoms with Crippen molar-refractivity contribution in [3.63, 3.8) is 0 Å². The molecule has 0 rings (SSSR count). The van der Waals surface area contributed by atoms with Crippen molar-refractivity contribution in [2.24, 2.45) is 5.92 Å². The van der Waals surface area contributed by atoms with E-state index in [4.69, 9.17) is 6.42 Å². The normalized spacial score (nSPS) is 11.1. The smallest absolute Gasteiger partial charge is 0.0821 e. The molecule has 12 heavy (non-hydrogen) atoms. The molecule has 1 unspecified atom stereocenters. The molecule has 0 aromatic carbocycles. The van der Waals surface area contributed by atoms with Crippen LogP contribution in [0.3, 0.4) is 0 Å². The Balaban J connectivity index is 3.66. The van der Waals surface area contributed by atoms with Crippen LogP contribution < -0.4 is 0 Å². The fourth-order valence-corrected chi connectivity index (χ4v) is 0.930. The summed E-state index contributed by atoms with van der Waals surface area (Å²) in [6, 6.07) is 0. The highest BCUT2D eigenvalue weighted by Crippen LogP contribution is 2.03. The molecule has 0 heteroatoms. The summed E-state index contributed by atoms with van der Waals surface area (Å²) in [5.41, 5.74) is 0. The predicted octanol–water partition coefficient (Wildman–Crippen LogP) is 3.19. The summed E-state index contributed by atoms with van der Waals surface area (Å²) in [7, 11) is 0. The average molecular weight is 161 g/mol.